The number of amides is 2. The van der Waals surface area contributed by atoms with Gasteiger partial charge in [0, 0.05) is 0 Å². The molecule has 0 aromatic carbocycles. The summed E-state index contributed by atoms with van der Waals surface area (Å²) in [5.74, 6) is 0. The van der Waals surface area contributed by atoms with Gasteiger partial charge in [0.15, 0.2) is 0 Å². The summed E-state index contributed by atoms with van der Waals surface area (Å²) < 4.78 is 9.64. The lowest BCUT2D eigenvalue weighted by atomic mass is 10.4. The van der Waals surface area contributed by atoms with Crippen LogP contribution in [0, 0.1) is 0 Å². The molecule has 17 heavy (non-hydrogen) atoms. The molecule has 0 aliphatic rings. The van der Waals surface area contributed by atoms with Gasteiger partial charge in [-0.05, 0) is 12.8 Å². The minimum Gasteiger partial charge on any atom is -0.450 e. The molecule has 0 atom stereocenters. The van der Waals surface area contributed by atoms with Gasteiger partial charge in [-0.25, -0.2) is 9.59 Å². The predicted octanol–water partition coefficient (Wildman–Crippen LogP) is 2.00. The summed E-state index contributed by atoms with van der Waals surface area (Å²) >= 11 is 0. The number of hydrogen-bond acceptors (Lipinski definition) is 4. The highest BCUT2D eigenvalue weighted by Gasteiger charge is 2.03. The third-order valence-electron chi connectivity index (χ3n) is 1.93. The van der Waals surface area contributed by atoms with Crippen LogP contribution in [0.2, 0.25) is 0 Å². The van der Waals surface area contributed by atoms with E-state index in [4.69, 9.17) is 9.47 Å². The third kappa shape index (κ3) is 10.8. The second-order valence-corrected chi connectivity index (χ2v) is 3.51. The molecule has 0 saturated carbocycles. The quantitative estimate of drug-likeness (QED) is 0.507. The van der Waals surface area contributed by atoms with Crippen LogP contribution in [-0.2, 0) is 9.47 Å². The van der Waals surface area contributed by atoms with Crippen molar-refractivity contribution in [2.24, 2.45) is 0 Å². The van der Waals surface area contributed by atoms with E-state index in [1.54, 1.807) is 0 Å². The molecule has 0 rings (SSSR count). The van der Waals surface area contributed by atoms with Crippen molar-refractivity contribution in [1.29, 1.82) is 0 Å². The van der Waals surface area contributed by atoms with Crippen LogP contribution < -0.4 is 10.6 Å². The fraction of sp³-hybridized carbons (Fsp3) is 0.818. The molecule has 2 amide bonds. The average molecular weight is 246 g/mol. The number of unbranched alkanes of at least 4 members (excludes halogenated alkanes) is 2. The molecule has 0 spiro atoms. The first-order valence-corrected chi connectivity index (χ1v) is 6.02. The lowest BCUT2D eigenvalue weighted by Crippen LogP contribution is -2.38. The Kier molecular flexibility index (Phi) is 10.1. The van der Waals surface area contributed by atoms with Gasteiger partial charge in [0.25, 0.3) is 0 Å². The molecule has 2 N–H and O–H groups in total. The molecule has 0 radical (unpaired) electrons. The van der Waals surface area contributed by atoms with E-state index in [-0.39, 0.29) is 6.67 Å². The maximum absolute atomic E-state index is 11.0. The van der Waals surface area contributed by atoms with Gasteiger partial charge >= 0.3 is 12.2 Å². The Balaban J connectivity index is 3.36. The van der Waals surface area contributed by atoms with Crippen molar-refractivity contribution in [1.82, 2.24) is 10.6 Å². The van der Waals surface area contributed by atoms with Crippen LogP contribution in [0.4, 0.5) is 9.59 Å². The van der Waals surface area contributed by atoms with Crippen molar-refractivity contribution < 1.29 is 19.1 Å². The predicted molar refractivity (Wildman–Crippen MR) is 63.7 cm³/mol. The number of rotatable bonds is 8. The van der Waals surface area contributed by atoms with Gasteiger partial charge in [0.05, 0.1) is 19.9 Å². The van der Waals surface area contributed by atoms with Crippen LogP contribution in [-0.4, -0.2) is 32.1 Å². The molecule has 100 valence electrons. The second kappa shape index (κ2) is 11.0. The summed E-state index contributed by atoms with van der Waals surface area (Å²) in [6.07, 6.45) is 2.53. The normalized spacial score (nSPS) is 9.53. The van der Waals surface area contributed by atoms with E-state index in [2.05, 4.69) is 10.6 Å². The maximum Gasteiger partial charge on any atom is 0.408 e. The molecule has 6 nitrogen and oxygen atoms in total. The van der Waals surface area contributed by atoms with Crippen molar-refractivity contribution in [2.45, 2.75) is 39.5 Å². The highest BCUT2D eigenvalue weighted by atomic mass is 16.6. The molecular formula is C11H22N2O4. The Morgan fingerprint density at radius 3 is 1.65 bits per heavy atom. The number of hydrogen-bond donors (Lipinski definition) is 2. The van der Waals surface area contributed by atoms with Crippen LogP contribution in [0.1, 0.15) is 39.5 Å². The fourth-order valence-corrected chi connectivity index (χ4v) is 0.909. The zero-order valence-corrected chi connectivity index (χ0v) is 10.6. The Bertz CT molecular complexity index is 200. The summed E-state index contributed by atoms with van der Waals surface area (Å²) in [7, 11) is 0. The molecular weight excluding hydrogens is 224 g/mol. The van der Waals surface area contributed by atoms with E-state index in [1.165, 1.54) is 0 Å². The minimum atomic E-state index is -0.535. The summed E-state index contributed by atoms with van der Waals surface area (Å²) in [5, 5.41) is 4.78. The van der Waals surface area contributed by atoms with Crippen molar-refractivity contribution in [3.8, 4) is 0 Å². The number of alkyl carbamates (subject to hydrolysis) is 2. The van der Waals surface area contributed by atoms with Crippen molar-refractivity contribution in [2.75, 3.05) is 19.9 Å². The molecule has 0 aliphatic heterocycles. The summed E-state index contributed by atoms with van der Waals surface area (Å²) in [4.78, 5) is 22.1. The summed E-state index contributed by atoms with van der Waals surface area (Å²) in [6, 6.07) is 0. The van der Waals surface area contributed by atoms with Crippen molar-refractivity contribution in [3.05, 3.63) is 0 Å². The zero-order valence-electron chi connectivity index (χ0n) is 10.6. The maximum atomic E-state index is 11.0. The zero-order chi connectivity index (χ0) is 12.9. The van der Waals surface area contributed by atoms with Crippen LogP contribution >= 0.6 is 0 Å². The van der Waals surface area contributed by atoms with E-state index in [9.17, 15) is 9.59 Å². The van der Waals surface area contributed by atoms with Gasteiger partial charge in [0.2, 0.25) is 0 Å². The average Bonchev–Trinajstić information content (AvgIpc) is 2.30. The van der Waals surface area contributed by atoms with Crippen LogP contribution in [0.25, 0.3) is 0 Å². The molecule has 0 fully saturated rings. The standard InChI is InChI=1S/C11H22N2O4/c1-3-5-7-16-10(14)12-9-13-11(15)17-8-6-4-2/h3-9H2,1-2H3,(H,12,14)(H,13,15). The molecule has 0 unspecified atom stereocenters. The van der Waals surface area contributed by atoms with Gasteiger partial charge < -0.3 is 20.1 Å². The van der Waals surface area contributed by atoms with Gasteiger partial charge in [-0.15, -0.1) is 0 Å². The minimum absolute atomic E-state index is 0.00984. The molecule has 0 aromatic heterocycles. The van der Waals surface area contributed by atoms with Crippen LogP contribution in [0.5, 0.6) is 0 Å². The highest BCUT2D eigenvalue weighted by molar-refractivity contribution is 5.69. The van der Waals surface area contributed by atoms with Crippen molar-refractivity contribution in [3.63, 3.8) is 0 Å². The molecule has 6 heteroatoms. The lowest BCUT2D eigenvalue weighted by Gasteiger charge is -2.08. The third-order valence-corrected chi connectivity index (χ3v) is 1.93. The Morgan fingerprint density at radius 1 is 0.882 bits per heavy atom. The lowest BCUT2D eigenvalue weighted by molar-refractivity contribution is 0.136. The largest absolute Gasteiger partial charge is 0.450 e. The van der Waals surface area contributed by atoms with E-state index >= 15 is 0 Å². The first-order valence-electron chi connectivity index (χ1n) is 6.02. The summed E-state index contributed by atoms with van der Waals surface area (Å²) in [6.45, 7) is 4.81. The first kappa shape index (κ1) is 15.5. The topological polar surface area (TPSA) is 76.7 Å². The summed E-state index contributed by atoms with van der Waals surface area (Å²) in [5.41, 5.74) is 0. The Morgan fingerprint density at radius 2 is 1.29 bits per heavy atom. The molecule has 0 heterocycles. The first-order chi connectivity index (χ1) is 8.20. The van der Waals surface area contributed by atoms with Gasteiger partial charge in [-0.1, -0.05) is 26.7 Å². The SMILES string of the molecule is CCCCOC(=O)NCNC(=O)OCCCC. The Labute approximate surface area is 102 Å². The number of carbonyl (C=O) groups is 2. The molecule has 0 aromatic rings. The Hall–Kier alpha value is -1.46. The van der Waals surface area contributed by atoms with Crippen molar-refractivity contribution >= 4 is 12.2 Å². The second-order valence-electron chi connectivity index (χ2n) is 3.51. The van der Waals surface area contributed by atoms with Crippen LogP contribution in [0.15, 0.2) is 0 Å². The van der Waals surface area contributed by atoms with E-state index in [0.717, 1.165) is 25.7 Å². The number of ether oxygens (including phenoxy) is 2. The van der Waals surface area contributed by atoms with E-state index < -0.39 is 12.2 Å². The van der Waals surface area contributed by atoms with Gasteiger partial charge in [0.1, 0.15) is 0 Å². The van der Waals surface area contributed by atoms with E-state index in [0.29, 0.717) is 13.2 Å². The fourth-order valence-electron chi connectivity index (χ4n) is 0.909. The van der Waals surface area contributed by atoms with Crippen LogP contribution in [0.3, 0.4) is 0 Å². The molecule has 0 aliphatic carbocycles. The van der Waals surface area contributed by atoms with E-state index in [1.807, 2.05) is 13.8 Å². The van der Waals surface area contributed by atoms with Gasteiger partial charge in [-0.2, -0.15) is 0 Å². The number of nitrogens with one attached hydrogen (secondary N) is 2. The number of carbonyl (C=O) groups excluding carboxylic acids is 2. The highest BCUT2D eigenvalue weighted by Crippen LogP contribution is 1.89. The molecule has 0 saturated heterocycles. The monoisotopic (exact) mass is 246 g/mol. The molecule has 0 bridgehead atoms. The smallest absolute Gasteiger partial charge is 0.408 e. The van der Waals surface area contributed by atoms with Gasteiger partial charge in [-0.3, -0.25) is 0 Å².